The van der Waals surface area contributed by atoms with Gasteiger partial charge >= 0.3 is 0 Å². The summed E-state index contributed by atoms with van der Waals surface area (Å²) in [6.07, 6.45) is 6.91. The molecule has 0 unspecified atom stereocenters. The number of aryl methyl sites for hydroxylation is 1. The van der Waals surface area contributed by atoms with E-state index >= 15 is 0 Å². The fraction of sp³-hybridized carbons (Fsp3) is 0.538. The minimum Gasteiger partial charge on any atom is -0.395 e. The van der Waals surface area contributed by atoms with Crippen LogP contribution in [0.4, 0.5) is 0 Å². The summed E-state index contributed by atoms with van der Waals surface area (Å²) in [4.78, 5) is 17.8. The van der Waals surface area contributed by atoms with Crippen LogP contribution in [0.15, 0.2) is 24.5 Å². The number of aliphatic hydroxyl groups is 1. The number of hydrogen-bond acceptors (Lipinski definition) is 3. The zero-order valence-corrected chi connectivity index (χ0v) is 9.88. The van der Waals surface area contributed by atoms with E-state index in [9.17, 15) is 4.79 Å². The third kappa shape index (κ3) is 3.53. The van der Waals surface area contributed by atoms with Gasteiger partial charge in [-0.3, -0.25) is 9.78 Å². The SMILES string of the molecule is O=C(CCc1cccnc1)N(CCO)C1CC1. The molecule has 17 heavy (non-hydrogen) atoms. The first-order chi connectivity index (χ1) is 8.31. The fourth-order valence-electron chi connectivity index (χ4n) is 1.95. The summed E-state index contributed by atoms with van der Waals surface area (Å²) in [5, 5.41) is 8.94. The molecule has 1 saturated carbocycles. The van der Waals surface area contributed by atoms with Gasteiger partial charge in [-0.25, -0.2) is 0 Å². The molecule has 1 aromatic heterocycles. The van der Waals surface area contributed by atoms with Gasteiger partial charge in [0.25, 0.3) is 0 Å². The summed E-state index contributed by atoms with van der Waals surface area (Å²) in [6, 6.07) is 4.24. The lowest BCUT2D eigenvalue weighted by Crippen LogP contribution is -2.35. The Labute approximate surface area is 101 Å². The predicted octanol–water partition coefficient (Wildman–Crippen LogP) is 0.998. The first kappa shape index (κ1) is 12.0. The number of hydrogen-bond donors (Lipinski definition) is 1. The number of carbonyl (C=O) groups excluding carboxylic acids is 1. The number of aliphatic hydroxyl groups excluding tert-OH is 1. The second kappa shape index (κ2) is 5.77. The van der Waals surface area contributed by atoms with Gasteiger partial charge in [-0.15, -0.1) is 0 Å². The molecule has 92 valence electrons. The van der Waals surface area contributed by atoms with E-state index < -0.39 is 0 Å². The molecule has 0 atom stereocenters. The summed E-state index contributed by atoms with van der Waals surface area (Å²) >= 11 is 0. The van der Waals surface area contributed by atoms with Crippen LogP contribution in [0.1, 0.15) is 24.8 Å². The zero-order chi connectivity index (χ0) is 12.1. The topological polar surface area (TPSA) is 53.4 Å². The van der Waals surface area contributed by atoms with Crippen LogP contribution in [0.2, 0.25) is 0 Å². The highest BCUT2D eigenvalue weighted by Crippen LogP contribution is 2.27. The standard InChI is InChI=1S/C13H18N2O2/c16-9-8-15(12-4-5-12)13(17)6-3-11-2-1-7-14-10-11/h1-2,7,10,12,16H,3-6,8-9H2. The monoisotopic (exact) mass is 234 g/mol. The van der Waals surface area contributed by atoms with Gasteiger partial charge < -0.3 is 10.0 Å². The Kier molecular flexibility index (Phi) is 4.09. The fourth-order valence-corrected chi connectivity index (χ4v) is 1.95. The van der Waals surface area contributed by atoms with E-state index in [1.165, 1.54) is 0 Å². The normalized spacial score (nSPS) is 14.6. The van der Waals surface area contributed by atoms with Crippen LogP contribution in [-0.4, -0.2) is 40.1 Å². The van der Waals surface area contributed by atoms with Crippen molar-refractivity contribution in [3.63, 3.8) is 0 Å². The maximum atomic E-state index is 12.0. The Balaban J connectivity index is 1.83. The number of pyridine rings is 1. The van der Waals surface area contributed by atoms with E-state index in [4.69, 9.17) is 5.11 Å². The lowest BCUT2D eigenvalue weighted by molar-refractivity contribution is -0.132. The molecule has 0 bridgehead atoms. The van der Waals surface area contributed by atoms with Crippen LogP contribution in [0, 0.1) is 0 Å². The number of aromatic nitrogens is 1. The minimum atomic E-state index is 0.0507. The first-order valence-corrected chi connectivity index (χ1v) is 6.10. The minimum absolute atomic E-state index is 0.0507. The highest BCUT2D eigenvalue weighted by atomic mass is 16.3. The maximum absolute atomic E-state index is 12.0. The highest BCUT2D eigenvalue weighted by Gasteiger charge is 2.31. The Hall–Kier alpha value is -1.42. The van der Waals surface area contributed by atoms with Gasteiger partial charge in [-0.1, -0.05) is 6.07 Å². The van der Waals surface area contributed by atoms with Crippen LogP contribution in [0.25, 0.3) is 0 Å². The van der Waals surface area contributed by atoms with Crippen molar-refractivity contribution < 1.29 is 9.90 Å². The summed E-state index contributed by atoms with van der Waals surface area (Å²) in [6.45, 7) is 0.520. The molecule has 1 aromatic rings. The molecule has 4 nitrogen and oxygen atoms in total. The Morgan fingerprint density at radius 2 is 2.35 bits per heavy atom. The first-order valence-electron chi connectivity index (χ1n) is 6.10. The predicted molar refractivity (Wildman–Crippen MR) is 64.4 cm³/mol. The molecule has 0 spiro atoms. The molecule has 1 N–H and O–H groups in total. The molecule has 0 radical (unpaired) electrons. The second-order valence-corrected chi connectivity index (χ2v) is 4.40. The average Bonchev–Trinajstić information content (AvgIpc) is 3.18. The molecule has 1 amide bonds. The van der Waals surface area contributed by atoms with E-state index in [0.29, 0.717) is 19.0 Å². The zero-order valence-electron chi connectivity index (χ0n) is 9.88. The highest BCUT2D eigenvalue weighted by molar-refractivity contribution is 5.77. The van der Waals surface area contributed by atoms with E-state index in [-0.39, 0.29) is 12.5 Å². The van der Waals surface area contributed by atoms with E-state index in [2.05, 4.69) is 4.98 Å². The Bertz CT molecular complexity index is 363. The third-order valence-electron chi connectivity index (χ3n) is 3.00. The van der Waals surface area contributed by atoms with Crippen molar-refractivity contribution in [3.8, 4) is 0 Å². The van der Waals surface area contributed by atoms with E-state index in [1.54, 1.807) is 12.4 Å². The number of amides is 1. The number of rotatable bonds is 6. The summed E-state index contributed by atoms with van der Waals surface area (Å²) in [7, 11) is 0. The quantitative estimate of drug-likeness (QED) is 0.799. The number of carbonyl (C=O) groups is 1. The molecule has 0 aromatic carbocycles. The molecule has 1 aliphatic carbocycles. The average molecular weight is 234 g/mol. The molecule has 1 heterocycles. The van der Waals surface area contributed by atoms with Gasteiger partial charge in [0.2, 0.25) is 5.91 Å². The molecular formula is C13H18N2O2. The molecule has 0 aliphatic heterocycles. The Morgan fingerprint density at radius 3 is 2.94 bits per heavy atom. The van der Waals surface area contributed by atoms with Crippen LogP contribution in [-0.2, 0) is 11.2 Å². The lowest BCUT2D eigenvalue weighted by atomic mass is 10.1. The Morgan fingerprint density at radius 1 is 1.53 bits per heavy atom. The molecule has 0 saturated heterocycles. The van der Waals surface area contributed by atoms with Crippen molar-refractivity contribution in [2.24, 2.45) is 0 Å². The van der Waals surface area contributed by atoms with Crippen LogP contribution < -0.4 is 0 Å². The van der Waals surface area contributed by atoms with Gasteiger partial charge in [0.1, 0.15) is 0 Å². The summed E-state index contributed by atoms with van der Waals surface area (Å²) < 4.78 is 0. The second-order valence-electron chi connectivity index (χ2n) is 4.40. The number of nitrogens with zero attached hydrogens (tertiary/aromatic N) is 2. The summed E-state index contributed by atoms with van der Waals surface area (Å²) in [5.41, 5.74) is 1.08. The largest absolute Gasteiger partial charge is 0.395 e. The third-order valence-corrected chi connectivity index (χ3v) is 3.00. The molecule has 4 heteroatoms. The molecular weight excluding hydrogens is 216 g/mol. The van der Waals surface area contributed by atoms with Crippen molar-refractivity contribution in [1.29, 1.82) is 0 Å². The van der Waals surface area contributed by atoms with Crippen molar-refractivity contribution in [2.75, 3.05) is 13.2 Å². The smallest absolute Gasteiger partial charge is 0.223 e. The van der Waals surface area contributed by atoms with E-state index in [0.717, 1.165) is 24.8 Å². The van der Waals surface area contributed by atoms with Crippen LogP contribution in [0.5, 0.6) is 0 Å². The maximum Gasteiger partial charge on any atom is 0.223 e. The van der Waals surface area contributed by atoms with Gasteiger partial charge in [0, 0.05) is 31.4 Å². The molecule has 2 rings (SSSR count). The van der Waals surface area contributed by atoms with Gasteiger partial charge in [0.15, 0.2) is 0 Å². The van der Waals surface area contributed by atoms with Gasteiger partial charge in [-0.2, -0.15) is 0 Å². The van der Waals surface area contributed by atoms with Gasteiger partial charge in [0.05, 0.1) is 6.61 Å². The summed E-state index contributed by atoms with van der Waals surface area (Å²) in [5.74, 6) is 0.144. The van der Waals surface area contributed by atoms with Gasteiger partial charge in [-0.05, 0) is 30.9 Å². The van der Waals surface area contributed by atoms with Crippen LogP contribution in [0.3, 0.4) is 0 Å². The van der Waals surface area contributed by atoms with E-state index in [1.807, 2.05) is 17.0 Å². The van der Waals surface area contributed by atoms with Crippen molar-refractivity contribution >= 4 is 5.91 Å². The van der Waals surface area contributed by atoms with Crippen molar-refractivity contribution in [2.45, 2.75) is 31.7 Å². The molecule has 1 aliphatic rings. The van der Waals surface area contributed by atoms with Crippen LogP contribution >= 0.6 is 0 Å². The van der Waals surface area contributed by atoms with Crippen molar-refractivity contribution in [3.05, 3.63) is 30.1 Å². The van der Waals surface area contributed by atoms with Crippen molar-refractivity contribution in [1.82, 2.24) is 9.88 Å². The molecule has 1 fully saturated rings. The lowest BCUT2D eigenvalue weighted by Gasteiger charge is -2.21.